The zero-order valence-corrected chi connectivity index (χ0v) is 14.3. The van der Waals surface area contributed by atoms with E-state index < -0.39 is 0 Å². The van der Waals surface area contributed by atoms with Crippen LogP contribution in [0.5, 0.6) is 0 Å². The first-order chi connectivity index (χ1) is 9.06. The Kier molecular flexibility index (Phi) is 17.8. The molecule has 0 N–H and O–H groups in total. The standard InChI is InChI=1S/C16H36N.CH3O/c1-5-6-7-8-9-10-11-12-13-14-15-16-17(2,3)4;1-2/h5-16H2,1-4H3;1H3/q+1;-1. The topological polar surface area (TPSA) is 23.1 Å². The lowest BCUT2D eigenvalue weighted by Gasteiger charge is -2.23. The first-order valence-corrected chi connectivity index (χ1v) is 8.27. The van der Waals surface area contributed by atoms with Crippen LogP contribution in [0.1, 0.15) is 77.6 Å². The van der Waals surface area contributed by atoms with Gasteiger partial charge in [-0.05, 0) is 12.8 Å². The van der Waals surface area contributed by atoms with Crippen LogP contribution in [0.15, 0.2) is 0 Å². The third kappa shape index (κ3) is 23.4. The van der Waals surface area contributed by atoms with Gasteiger partial charge < -0.3 is 9.59 Å². The van der Waals surface area contributed by atoms with E-state index in [1.807, 2.05) is 0 Å². The van der Waals surface area contributed by atoms with E-state index in [-0.39, 0.29) is 0 Å². The van der Waals surface area contributed by atoms with Crippen LogP contribution in [0, 0.1) is 0 Å². The summed E-state index contributed by atoms with van der Waals surface area (Å²) >= 11 is 0. The van der Waals surface area contributed by atoms with Gasteiger partial charge in [0.25, 0.3) is 0 Å². The van der Waals surface area contributed by atoms with E-state index >= 15 is 0 Å². The lowest BCUT2D eigenvalue weighted by atomic mass is 10.1. The van der Waals surface area contributed by atoms with Crippen molar-refractivity contribution in [2.24, 2.45) is 0 Å². The first kappa shape index (κ1) is 21.2. The molecule has 0 aromatic rings. The molecule has 0 saturated heterocycles. The van der Waals surface area contributed by atoms with Crippen molar-refractivity contribution in [3.63, 3.8) is 0 Å². The Morgan fingerprint density at radius 3 is 1.21 bits per heavy atom. The molecule has 0 aliphatic heterocycles. The molecule has 0 bridgehead atoms. The fourth-order valence-corrected chi connectivity index (χ4v) is 2.25. The number of rotatable bonds is 12. The molecule has 0 heterocycles. The molecule has 0 atom stereocenters. The lowest BCUT2D eigenvalue weighted by Crippen LogP contribution is -2.35. The lowest BCUT2D eigenvalue weighted by molar-refractivity contribution is -0.870. The van der Waals surface area contributed by atoms with Gasteiger partial charge in [-0.1, -0.05) is 64.7 Å². The van der Waals surface area contributed by atoms with Crippen LogP contribution in [-0.4, -0.2) is 39.3 Å². The summed E-state index contributed by atoms with van der Waals surface area (Å²) in [5.74, 6) is 0. The molecule has 0 amide bonds. The zero-order chi connectivity index (χ0) is 15.0. The number of unbranched alkanes of at least 4 members (excludes halogenated alkanes) is 10. The Balaban J connectivity index is 0. The second-order valence-corrected chi connectivity index (χ2v) is 6.55. The zero-order valence-electron chi connectivity index (χ0n) is 14.3. The maximum absolute atomic E-state index is 8.25. The third-order valence-electron chi connectivity index (χ3n) is 3.43. The van der Waals surface area contributed by atoms with Crippen molar-refractivity contribution in [2.45, 2.75) is 77.6 Å². The van der Waals surface area contributed by atoms with Crippen LogP contribution >= 0.6 is 0 Å². The summed E-state index contributed by atoms with van der Waals surface area (Å²) in [6.07, 6.45) is 15.9. The van der Waals surface area contributed by atoms with Crippen LogP contribution < -0.4 is 5.11 Å². The Labute approximate surface area is 122 Å². The predicted molar refractivity (Wildman–Crippen MR) is 85.3 cm³/mol. The largest absolute Gasteiger partial charge is 0.857 e. The van der Waals surface area contributed by atoms with Gasteiger partial charge in [-0.25, -0.2) is 0 Å². The SMILES string of the molecule is CCCCCCCCCCCCC[N+](C)(C)C.C[O-]. The molecule has 2 heteroatoms. The molecule has 0 aromatic heterocycles. The molecule has 118 valence electrons. The highest BCUT2D eigenvalue weighted by molar-refractivity contribution is 4.47. The minimum Gasteiger partial charge on any atom is -0.857 e. The van der Waals surface area contributed by atoms with E-state index in [9.17, 15) is 0 Å². The molecular weight excluding hydrogens is 234 g/mol. The van der Waals surface area contributed by atoms with E-state index in [1.165, 1.54) is 77.2 Å². The maximum Gasteiger partial charge on any atom is 0.0780 e. The summed E-state index contributed by atoms with van der Waals surface area (Å²) in [6.45, 7) is 3.62. The summed E-state index contributed by atoms with van der Waals surface area (Å²) in [5, 5.41) is 8.25. The Morgan fingerprint density at radius 1 is 0.579 bits per heavy atom. The molecule has 0 fully saturated rings. The predicted octanol–water partition coefficient (Wildman–Crippen LogP) is 3.98. The van der Waals surface area contributed by atoms with Crippen LogP contribution in [-0.2, 0) is 0 Å². The molecule has 0 unspecified atom stereocenters. The van der Waals surface area contributed by atoms with Crippen molar-refractivity contribution < 1.29 is 9.59 Å². The summed E-state index contributed by atoms with van der Waals surface area (Å²) in [5.41, 5.74) is 0. The van der Waals surface area contributed by atoms with Gasteiger partial charge in [0.1, 0.15) is 0 Å². The van der Waals surface area contributed by atoms with Gasteiger partial charge in [-0.3, -0.25) is 0 Å². The third-order valence-corrected chi connectivity index (χ3v) is 3.43. The van der Waals surface area contributed by atoms with E-state index in [0.717, 1.165) is 11.6 Å². The van der Waals surface area contributed by atoms with Crippen molar-refractivity contribution in [3.05, 3.63) is 0 Å². The van der Waals surface area contributed by atoms with Crippen molar-refractivity contribution in [3.8, 4) is 0 Å². The van der Waals surface area contributed by atoms with Crippen LogP contribution in [0.4, 0.5) is 0 Å². The van der Waals surface area contributed by atoms with Crippen molar-refractivity contribution in [1.29, 1.82) is 0 Å². The Bertz CT molecular complexity index is 152. The van der Waals surface area contributed by atoms with Gasteiger partial charge in [0.2, 0.25) is 0 Å². The fraction of sp³-hybridized carbons (Fsp3) is 1.00. The molecule has 0 saturated carbocycles. The molecule has 0 rings (SSSR count). The van der Waals surface area contributed by atoms with E-state index in [1.54, 1.807) is 0 Å². The first-order valence-electron chi connectivity index (χ1n) is 8.27. The number of hydrogen-bond donors (Lipinski definition) is 0. The van der Waals surface area contributed by atoms with Crippen molar-refractivity contribution >= 4 is 0 Å². The number of quaternary nitrogens is 1. The minimum absolute atomic E-state index is 0.750. The molecule has 0 radical (unpaired) electrons. The van der Waals surface area contributed by atoms with E-state index in [2.05, 4.69) is 28.1 Å². The van der Waals surface area contributed by atoms with E-state index in [0.29, 0.717) is 0 Å². The van der Waals surface area contributed by atoms with Gasteiger partial charge in [-0.15, -0.1) is 0 Å². The normalized spacial score (nSPS) is 11.1. The van der Waals surface area contributed by atoms with Crippen molar-refractivity contribution in [1.82, 2.24) is 0 Å². The van der Waals surface area contributed by atoms with Crippen LogP contribution in [0.3, 0.4) is 0 Å². The fourth-order valence-electron chi connectivity index (χ4n) is 2.25. The van der Waals surface area contributed by atoms with Crippen LogP contribution in [0.25, 0.3) is 0 Å². The molecule has 0 spiro atoms. The summed E-state index contributed by atoms with van der Waals surface area (Å²) in [4.78, 5) is 0. The van der Waals surface area contributed by atoms with Gasteiger partial charge in [-0.2, -0.15) is 7.11 Å². The maximum atomic E-state index is 8.25. The summed E-state index contributed by atoms with van der Waals surface area (Å²) in [6, 6.07) is 0. The van der Waals surface area contributed by atoms with E-state index in [4.69, 9.17) is 5.11 Å². The average Bonchev–Trinajstić information content (AvgIpc) is 2.37. The summed E-state index contributed by atoms with van der Waals surface area (Å²) < 4.78 is 1.12. The van der Waals surface area contributed by atoms with Gasteiger partial charge in [0.05, 0.1) is 27.7 Å². The molecule has 0 aromatic carbocycles. The average molecular weight is 274 g/mol. The quantitative estimate of drug-likeness (QED) is 0.389. The Hall–Kier alpha value is -0.0800. The summed E-state index contributed by atoms with van der Waals surface area (Å²) in [7, 11) is 7.61. The van der Waals surface area contributed by atoms with Crippen LogP contribution in [0.2, 0.25) is 0 Å². The second-order valence-electron chi connectivity index (χ2n) is 6.55. The highest BCUT2D eigenvalue weighted by Crippen LogP contribution is 2.11. The molecule has 19 heavy (non-hydrogen) atoms. The Morgan fingerprint density at radius 2 is 0.895 bits per heavy atom. The monoisotopic (exact) mass is 273 g/mol. The molecular formula is C17H39NO. The minimum atomic E-state index is 0.750. The molecule has 0 aliphatic rings. The van der Waals surface area contributed by atoms with Gasteiger partial charge >= 0.3 is 0 Å². The molecule has 2 nitrogen and oxygen atoms in total. The number of nitrogens with zero attached hydrogens (tertiary/aromatic N) is 1. The highest BCUT2D eigenvalue weighted by atomic mass is 16.2. The second kappa shape index (κ2) is 16.0. The van der Waals surface area contributed by atoms with Gasteiger partial charge in [0, 0.05) is 0 Å². The molecule has 0 aliphatic carbocycles. The highest BCUT2D eigenvalue weighted by Gasteiger charge is 2.04. The van der Waals surface area contributed by atoms with Gasteiger partial charge in [0.15, 0.2) is 0 Å². The van der Waals surface area contributed by atoms with Crippen molar-refractivity contribution in [2.75, 3.05) is 34.8 Å². The smallest absolute Gasteiger partial charge is 0.0780 e. The number of hydrogen-bond acceptors (Lipinski definition) is 1.